The van der Waals surface area contributed by atoms with Gasteiger partial charge in [-0.2, -0.15) is 0 Å². The van der Waals surface area contributed by atoms with Crippen molar-refractivity contribution in [2.45, 2.75) is 19.4 Å². The van der Waals surface area contributed by atoms with Crippen LogP contribution in [0.5, 0.6) is 11.5 Å². The van der Waals surface area contributed by atoms with E-state index in [4.69, 9.17) is 10.5 Å². The van der Waals surface area contributed by atoms with Crippen LogP contribution in [0.25, 0.3) is 0 Å². The molecule has 96 valence electrons. The van der Waals surface area contributed by atoms with Crippen LogP contribution in [-0.4, -0.2) is 6.04 Å². The molecule has 1 unspecified atom stereocenters. The van der Waals surface area contributed by atoms with E-state index in [1.807, 2.05) is 61.5 Å². The Bertz CT molecular complexity index is 564. The molecule has 0 radical (unpaired) electrons. The summed E-state index contributed by atoms with van der Waals surface area (Å²) in [5.74, 6) is 7.69. The second kappa shape index (κ2) is 6.63. The number of hydrogen-bond acceptors (Lipinski definition) is 2. The molecule has 0 aliphatic rings. The van der Waals surface area contributed by atoms with Crippen LogP contribution in [0.2, 0.25) is 0 Å². The fourth-order valence-corrected chi connectivity index (χ4v) is 1.51. The summed E-state index contributed by atoms with van der Waals surface area (Å²) >= 11 is 0. The quantitative estimate of drug-likeness (QED) is 0.846. The summed E-state index contributed by atoms with van der Waals surface area (Å²) in [5.41, 5.74) is 6.70. The number of benzene rings is 2. The molecule has 0 aliphatic carbocycles. The Hall–Kier alpha value is -2.24. The zero-order valence-corrected chi connectivity index (χ0v) is 11.0. The van der Waals surface area contributed by atoms with Gasteiger partial charge in [-0.3, -0.25) is 0 Å². The first kappa shape index (κ1) is 13.2. The van der Waals surface area contributed by atoms with Gasteiger partial charge in [0.1, 0.15) is 11.5 Å². The van der Waals surface area contributed by atoms with Crippen LogP contribution in [0.3, 0.4) is 0 Å². The third kappa shape index (κ3) is 4.17. The molecule has 0 aliphatic heterocycles. The van der Waals surface area contributed by atoms with Crippen molar-refractivity contribution >= 4 is 0 Å². The minimum Gasteiger partial charge on any atom is -0.457 e. The lowest BCUT2D eigenvalue weighted by molar-refractivity contribution is 0.482. The predicted molar refractivity (Wildman–Crippen MR) is 78.1 cm³/mol. The highest BCUT2D eigenvalue weighted by atomic mass is 16.5. The topological polar surface area (TPSA) is 35.2 Å². The van der Waals surface area contributed by atoms with Crippen molar-refractivity contribution in [3.8, 4) is 23.3 Å². The fraction of sp³-hybridized carbons (Fsp3) is 0.176. The first-order chi connectivity index (χ1) is 9.28. The largest absolute Gasteiger partial charge is 0.457 e. The molecule has 2 N–H and O–H groups in total. The molecule has 2 aromatic rings. The molecular weight excluding hydrogens is 234 g/mol. The number of hydrogen-bond donors (Lipinski definition) is 1. The molecule has 19 heavy (non-hydrogen) atoms. The first-order valence-corrected chi connectivity index (χ1v) is 6.38. The Balaban J connectivity index is 2.04. The normalized spacial score (nSPS) is 11.3. The van der Waals surface area contributed by atoms with Gasteiger partial charge in [-0.15, -0.1) is 0 Å². The Morgan fingerprint density at radius 3 is 2.26 bits per heavy atom. The molecule has 0 heterocycles. The summed E-state index contributed by atoms with van der Waals surface area (Å²) in [7, 11) is 0. The second-order valence-corrected chi connectivity index (χ2v) is 4.22. The molecule has 2 rings (SSSR count). The van der Waals surface area contributed by atoms with Crippen LogP contribution in [0.15, 0.2) is 54.6 Å². The van der Waals surface area contributed by atoms with Crippen LogP contribution >= 0.6 is 0 Å². The average molecular weight is 251 g/mol. The SMILES string of the molecule is CCC(N)C#Cc1ccc(Oc2ccccc2)cc1. The van der Waals surface area contributed by atoms with Crippen molar-refractivity contribution in [2.75, 3.05) is 0 Å². The van der Waals surface area contributed by atoms with E-state index >= 15 is 0 Å². The standard InChI is InChI=1S/C17H17NO/c1-2-15(18)11-8-14-9-12-17(13-10-14)19-16-6-4-3-5-7-16/h3-7,9-10,12-13,15H,2,18H2,1H3. The van der Waals surface area contributed by atoms with E-state index in [0.29, 0.717) is 0 Å². The van der Waals surface area contributed by atoms with Crippen molar-refractivity contribution in [1.82, 2.24) is 0 Å². The molecule has 0 amide bonds. The van der Waals surface area contributed by atoms with E-state index in [9.17, 15) is 0 Å². The third-order valence-electron chi connectivity index (χ3n) is 2.67. The monoisotopic (exact) mass is 251 g/mol. The lowest BCUT2D eigenvalue weighted by Gasteiger charge is -2.04. The zero-order valence-electron chi connectivity index (χ0n) is 11.0. The first-order valence-electron chi connectivity index (χ1n) is 6.38. The van der Waals surface area contributed by atoms with Gasteiger partial charge in [0.05, 0.1) is 6.04 Å². The molecule has 0 spiro atoms. The molecule has 1 atom stereocenters. The molecule has 0 aromatic heterocycles. The molecule has 2 heteroatoms. The summed E-state index contributed by atoms with van der Waals surface area (Å²) in [5, 5.41) is 0. The Labute approximate surface area is 114 Å². The highest BCUT2D eigenvalue weighted by molar-refractivity contribution is 5.40. The van der Waals surface area contributed by atoms with E-state index in [2.05, 4.69) is 11.8 Å². The van der Waals surface area contributed by atoms with Gasteiger partial charge in [-0.05, 0) is 42.8 Å². The molecule has 0 saturated carbocycles. The Morgan fingerprint density at radius 2 is 1.63 bits per heavy atom. The third-order valence-corrected chi connectivity index (χ3v) is 2.67. The zero-order chi connectivity index (χ0) is 13.5. The van der Waals surface area contributed by atoms with Crippen LogP contribution in [0, 0.1) is 11.8 Å². The molecule has 0 saturated heterocycles. The van der Waals surface area contributed by atoms with Gasteiger partial charge in [0.25, 0.3) is 0 Å². The van der Waals surface area contributed by atoms with E-state index in [0.717, 1.165) is 23.5 Å². The van der Waals surface area contributed by atoms with Crippen molar-refractivity contribution < 1.29 is 4.74 Å². The van der Waals surface area contributed by atoms with E-state index in [1.165, 1.54) is 0 Å². The molecule has 2 nitrogen and oxygen atoms in total. The molecule has 2 aromatic carbocycles. The van der Waals surface area contributed by atoms with Gasteiger partial charge in [-0.25, -0.2) is 0 Å². The van der Waals surface area contributed by atoms with Crippen molar-refractivity contribution in [1.29, 1.82) is 0 Å². The van der Waals surface area contributed by atoms with Gasteiger partial charge in [0.15, 0.2) is 0 Å². The average Bonchev–Trinajstić information content (AvgIpc) is 2.47. The smallest absolute Gasteiger partial charge is 0.127 e. The maximum absolute atomic E-state index is 5.75. The van der Waals surface area contributed by atoms with Crippen LogP contribution in [0.4, 0.5) is 0 Å². The summed E-state index contributed by atoms with van der Waals surface area (Å²) in [6.07, 6.45) is 0.863. The summed E-state index contributed by atoms with van der Waals surface area (Å²) in [6.45, 7) is 2.02. The van der Waals surface area contributed by atoms with Crippen LogP contribution < -0.4 is 10.5 Å². The Kier molecular flexibility index (Phi) is 4.60. The predicted octanol–water partition coefficient (Wildman–Crippen LogP) is 3.57. The lowest BCUT2D eigenvalue weighted by atomic mass is 10.2. The number of ether oxygens (including phenoxy) is 1. The molecule has 0 fully saturated rings. The molecule has 0 bridgehead atoms. The summed E-state index contributed by atoms with van der Waals surface area (Å²) < 4.78 is 5.71. The van der Waals surface area contributed by atoms with Gasteiger partial charge >= 0.3 is 0 Å². The van der Waals surface area contributed by atoms with E-state index < -0.39 is 0 Å². The van der Waals surface area contributed by atoms with Crippen molar-refractivity contribution in [3.63, 3.8) is 0 Å². The van der Waals surface area contributed by atoms with Crippen molar-refractivity contribution in [3.05, 3.63) is 60.2 Å². The van der Waals surface area contributed by atoms with E-state index in [1.54, 1.807) is 0 Å². The fourth-order valence-electron chi connectivity index (χ4n) is 1.51. The van der Waals surface area contributed by atoms with Crippen LogP contribution in [0.1, 0.15) is 18.9 Å². The minimum atomic E-state index is -0.0553. The van der Waals surface area contributed by atoms with Gasteiger partial charge in [0, 0.05) is 5.56 Å². The minimum absolute atomic E-state index is 0.0553. The number of para-hydroxylation sites is 1. The van der Waals surface area contributed by atoms with Gasteiger partial charge in [0.2, 0.25) is 0 Å². The van der Waals surface area contributed by atoms with E-state index in [-0.39, 0.29) is 6.04 Å². The second-order valence-electron chi connectivity index (χ2n) is 4.22. The lowest BCUT2D eigenvalue weighted by Crippen LogP contribution is -2.15. The summed E-state index contributed by atoms with van der Waals surface area (Å²) in [4.78, 5) is 0. The number of rotatable bonds is 3. The molecular formula is C17H17NO. The summed E-state index contributed by atoms with van der Waals surface area (Å²) in [6, 6.07) is 17.3. The van der Waals surface area contributed by atoms with Crippen LogP contribution in [-0.2, 0) is 0 Å². The van der Waals surface area contributed by atoms with Gasteiger partial charge in [-0.1, -0.05) is 37.0 Å². The van der Waals surface area contributed by atoms with Gasteiger partial charge < -0.3 is 10.5 Å². The van der Waals surface area contributed by atoms with Crippen molar-refractivity contribution in [2.24, 2.45) is 5.73 Å². The maximum atomic E-state index is 5.75. The Morgan fingerprint density at radius 1 is 1.00 bits per heavy atom. The highest BCUT2D eigenvalue weighted by Gasteiger charge is 1.96. The maximum Gasteiger partial charge on any atom is 0.127 e. The number of nitrogens with two attached hydrogens (primary N) is 1. The highest BCUT2D eigenvalue weighted by Crippen LogP contribution is 2.20.